The number of rotatable bonds is 5. The molecule has 9 heteroatoms. The number of carbonyl (C=O) groups is 1. The maximum Gasteiger partial charge on any atom is 0.425 e. The van der Waals surface area contributed by atoms with Crippen molar-refractivity contribution in [3.63, 3.8) is 0 Å². The summed E-state index contributed by atoms with van der Waals surface area (Å²) >= 11 is 0. The van der Waals surface area contributed by atoms with Gasteiger partial charge in [0.1, 0.15) is 5.82 Å². The molecule has 1 aromatic heterocycles. The van der Waals surface area contributed by atoms with E-state index in [9.17, 15) is 27.5 Å². The Morgan fingerprint density at radius 1 is 1.13 bits per heavy atom. The Hall–Kier alpha value is -3.20. The molecule has 2 aromatic carbocycles. The summed E-state index contributed by atoms with van der Waals surface area (Å²) < 4.78 is 57.7. The molecule has 0 fully saturated rings. The molecule has 1 unspecified atom stereocenters. The lowest BCUT2D eigenvalue weighted by Crippen LogP contribution is -2.41. The summed E-state index contributed by atoms with van der Waals surface area (Å²) in [7, 11) is 0. The monoisotopic (exact) mass is 420 g/mol. The van der Waals surface area contributed by atoms with Crippen molar-refractivity contribution < 1.29 is 32.6 Å². The Kier molecular flexibility index (Phi) is 4.65. The van der Waals surface area contributed by atoms with E-state index in [4.69, 9.17) is 5.11 Å². The number of benzene rings is 2. The maximum atomic E-state index is 14.4. The molecule has 0 spiro atoms. The Labute approximate surface area is 168 Å². The summed E-state index contributed by atoms with van der Waals surface area (Å²) in [5, 5.41) is 23.6. The first-order valence-electron chi connectivity index (χ1n) is 9.10. The summed E-state index contributed by atoms with van der Waals surface area (Å²) in [5.41, 5.74) is -3.45. The topological polar surface area (TPSA) is 75.3 Å². The van der Waals surface area contributed by atoms with Crippen LogP contribution in [-0.2, 0) is 16.9 Å². The number of hydrogen-bond donors (Lipinski definition) is 2. The van der Waals surface area contributed by atoms with Crippen LogP contribution in [0.5, 0.6) is 0 Å². The summed E-state index contributed by atoms with van der Waals surface area (Å²) in [4.78, 5) is 10.7. The minimum Gasteiger partial charge on any atom is -0.481 e. The van der Waals surface area contributed by atoms with Crippen molar-refractivity contribution in [2.45, 2.75) is 31.2 Å². The van der Waals surface area contributed by atoms with E-state index in [-0.39, 0.29) is 35.2 Å². The maximum absolute atomic E-state index is 14.4. The molecular formula is C21H16F4N2O3. The first-order valence-corrected chi connectivity index (χ1v) is 9.10. The lowest BCUT2D eigenvalue weighted by molar-refractivity contribution is -0.246. The highest BCUT2D eigenvalue weighted by Gasteiger charge is 2.61. The van der Waals surface area contributed by atoms with Gasteiger partial charge < -0.3 is 10.2 Å². The number of alkyl halides is 3. The van der Waals surface area contributed by atoms with E-state index in [2.05, 4.69) is 5.10 Å². The Morgan fingerprint density at radius 3 is 2.57 bits per heavy atom. The number of aliphatic hydroxyl groups is 1. The number of aromatic nitrogens is 2. The lowest BCUT2D eigenvalue weighted by atomic mass is 9.89. The Morgan fingerprint density at radius 2 is 1.87 bits per heavy atom. The van der Waals surface area contributed by atoms with Crippen LogP contribution >= 0.6 is 0 Å². The number of aryl methyl sites for hydroxylation is 1. The van der Waals surface area contributed by atoms with E-state index in [1.165, 1.54) is 35.3 Å². The fourth-order valence-electron chi connectivity index (χ4n) is 3.89. The van der Waals surface area contributed by atoms with E-state index >= 15 is 0 Å². The van der Waals surface area contributed by atoms with Crippen molar-refractivity contribution in [3.8, 4) is 22.3 Å². The SMILES string of the molecule is O=C(O)CCCn1cc(-c2cc(F)cc3c2-c2ccccc2C3(O)C(F)(F)F)cn1. The highest BCUT2D eigenvalue weighted by molar-refractivity contribution is 5.92. The summed E-state index contributed by atoms with van der Waals surface area (Å²) in [6.45, 7) is 0.285. The molecule has 5 nitrogen and oxygen atoms in total. The van der Waals surface area contributed by atoms with E-state index in [0.717, 1.165) is 6.07 Å². The van der Waals surface area contributed by atoms with Crippen LogP contribution in [0.2, 0.25) is 0 Å². The number of hydrogen-bond acceptors (Lipinski definition) is 3. The highest BCUT2D eigenvalue weighted by atomic mass is 19.4. The van der Waals surface area contributed by atoms with Crippen molar-refractivity contribution in [2.24, 2.45) is 0 Å². The van der Waals surface area contributed by atoms with Gasteiger partial charge in [0.15, 0.2) is 0 Å². The zero-order chi connectivity index (χ0) is 21.7. The fourth-order valence-corrected chi connectivity index (χ4v) is 3.89. The first kappa shape index (κ1) is 20.1. The van der Waals surface area contributed by atoms with Crippen LogP contribution in [0.15, 0.2) is 48.8 Å². The summed E-state index contributed by atoms with van der Waals surface area (Å²) in [6.07, 6.45) is -1.90. The summed E-state index contributed by atoms with van der Waals surface area (Å²) in [5.74, 6) is -1.87. The zero-order valence-corrected chi connectivity index (χ0v) is 15.4. The van der Waals surface area contributed by atoms with Gasteiger partial charge in [-0.25, -0.2) is 4.39 Å². The molecular weight excluding hydrogens is 404 g/mol. The van der Waals surface area contributed by atoms with Crippen LogP contribution in [0.4, 0.5) is 17.6 Å². The van der Waals surface area contributed by atoms with E-state index in [0.29, 0.717) is 18.1 Å². The third kappa shape index (κ3) is 3.06. The average Bonchev–Trinajstić information content (AvgIpc) is 3.23. The lowest BCUT2D eigenvalue weighted by Gasteiger charge is -2.28. The molecule has 0 aliphatic heterocycles. The van der Waals surface area contributed by atoms with E-state index < -0.39 is 29.1 Å². The van der Waals surface area contributed by atoms with Gasteiger partial charge in [0.05, 0.1) is 6.20 Å². The summed E-state index contributed by atoms with van der Waals surface area (Å²) in [6, 6.07) is 7.39. The van der Waals surface area contributed by atoms with Crippen molar-refractivity contribution in [3.05, 3.63) is 65.7 Å². The second-order valence-electron chi connectivity index (χ2n) is 7.12. The molecule has 2 N–H and O–H groups in total. The highest BCUT2D eigenvalue weighted by Crippen LogP contribution is 2.57. The van der Waals surface area contributed by atoms with Crippen molar-refractivity contribution >= 4 is 5.97 Å². The van der Waals surface area contributed by atoms with Crippen LogP contribution in [0, 0.1) is 5.82 Å². The van der Waals surface area contributed by atoms with E-state index in [1.54, 1.807) is 6.07 Å². The van der Waals surface area contributed by atoms with Crippen LogP contribution in [0.1, 0.15) is 24.0 Å². The number of carboxylic acid groups (broad SMARTS) is 1. The predicted molar refractivity (Wildman–Crippen MR) is 99.0 cm³/mol. The van der Waals surface area contributed by atoms with Crippen LogP contribution < -0.4 is 0 Å². The molecule has 1 heterocycles. The molecule has 1 aliphatic rings. The largest absolute Gasteiger partial charge is 0.481 e. The van der Waals surface area contributed by atoms with Gasteiger partial charge in [-0.2, -0.15) is 18.3 Å². The van der Waals surface area contributed by atoms with Gasteiger partial charge in [-0.05, 0) is 35.2 Å². The van der Waals surface area contributed by atoms with Gasteiger partial charge in [0.25, 0.3) is 0 Å². The third-order valence-electron chi connectivity index (χ3n) is 5.21. The molecule has 4 rings (SSSR count). The zero-order valence-electron chi connectivity index (χ0n) is 15.4. The fraction of sp³-hybridized carbons (Fsp3) is 0.238. The third-order valence-corrected chi connectivity index (χ3v) is 5.21. The minimum absolute atomic E-state index is 0.0590. The van der Waals surface area contributed by atoms with Crippen molar-refractivity contribution in [2.75, 3.05) is 0 Å². The van der Waals surface area contributed by atoms with Gasteiger partial charge >= 0.3 is 12.1 Å². The Balaban J connectivity index is 1.86. The van der Waals surface area contributed by atoms with Gasteiger partial charge in [-0.15, -0.1) is 0 Å². The molecule has 1 atom stereocenters. The second-order valence-corrected chi connectivity index (χ2v) is 7.12. The minimum atomic E-state index is -5.06. The van der Waals surface area contributed by atoms with E-state index in [1.807, 2.05) is 0 Å². The van der Waals surface area contributed by atoms with Crippen LogP contribution in [0.3, 0.4) is 0 Å². The number of aliphatic carboxylic acids is 1. The molecule has 0 amide bonds. The van der Waals surface area contributed by atoms with Gasteiger partial charge in [-0.3, -0.25) is 9.48 Å². The molecule has 30 heavy (non-hydrogen) atoms. The number of fused-ring (bicyclic) bond motifs is 3. The number of nitrogens with zero attached hydrogens (tertiary/aromatic N) is 2. The normalized spacial score (nSPS) is 17.6. The smallest absolute Gasteiger partial charge is 0.425 e. The van der Waals surface area contributed by atoms with Crippen molar-refractivity contribution in [1.29, 1.82) is 0 Å². The molecule has 1 aliphatic carbocycles. The standard InChI is InChI=1S/C21H16F4N2O3/c22-13-8-15(12-10-26-27(11-12)7-3-6-18(28)29)19-14-4-1-2-5-16(14)20(30,17(19)9-13)21(23,24)25/h1-2,4-5,8-11,30H,3,6-7H2,(H,28,29). The van der Waals surface area contributed by atoms with Gasteiger partial charge in [0, 0.05) is 35.9 Å². The number of carboxylic acids is 1. The van der Waals surface area contributed by atoms with Gasteiger partial charge in [-0.1, -0.05) is 24.3 Å². The van der Waals surface area contributed by atoms with Crippen LogP contribution in [0.25, 0.3) is 22.3 Å². The average molecular weight is 420 g/mol. The van der Waals surface area contributed by atoms with Crippen LogP contribution in [-0.4, -0.2) is 32.1 Å². The Bertz CT molecular complexity index is 1140. The molecule has 3 aromatic rings. The molecule has 0 bridgehead atoms. The molecule has 156 valence electrons. The predicted octanol–water partition coefficient (Wildman–Crippen LogP) is 4.33. The molecule has 0 radical (unpaired) electrons. The first-order chi connectivity index (χ1) is 14.1. The molecule has 0 saturated heterocycles. The quantitative estimate of drug-likeness (QED) is 0.603. The molecule has 0 saturated carbocycles. The van der Waals surface area contributed by atoms with Gasteiger partial charge in [0.2, 0.25) is 5.60 Å². The second kappa shape index (κ2) is 6.94. The van der Waals surface area contributed by atoms with Crippen molar-refractivity contribution in [1.82, 2.24) is 9.78 Å². The number of halogens is 4.